The first-order chi connectivity index (χ1) is 9.20. The Morgan fingerprint density at radius 3 is 2.58 bits per heavy atom. The highest BCUT2D eigenvalue weighted by atomic mass is 32.1. The van der Waals surface area contributed by atoms with E-state index in [2.05, 4.69) is 20.6 Å². The molecule has 2 heterocycles. The van der Waals surface area contributed by atoms with Crippen LogP contribution < -0.4 is 10.6 Å². The molecule has 4 nitrogen and oxygen atoms in total. The van der Waals surface area contributed by atoms with Gasteiger partial charge in [0, 0.05) is 24.2 Å². The van der Waals surface area contributed by atoms with E-state index in [-0.39, 0.29) is 11.6 Å². The minimum absolute atomic E-state index is 0.0233. The highest BCUT2D eigenvalue weighted by Gasteiger charge is 2.11. The lowest BCUT2D eigenvalue weighted by Gasteiger charge is -2.10. The molecule has 0 aliphatic carbocycles. The van der Waals surface area contributed by atoms with Gasteiger partial charge in [-0.15, -0.1) is 11.3 Å². The van der Waals surface area contributed by atoms with E-state index < -0.39 is 11.6 Å². The van der Waals surface area contributed by atoms with E-state index in [0.717, 1.165) is 17.5 Å². The Morgan fingerprint density at radius 2 is 1.95 bits per heavy atom. The Balaban J connectivity index is 2.10. The number of halogens is 2. The topological polar surface area (TPSA) is 49.8 Å². The fourth-order valence-corrected chi connectivity index (χ4v) is 2.01. The van der Waals surface area contributed by atoms with Gasteiger partial charge in [0.25, 0.3) is 0 Å². The maximum atomic E-state index is 13.6. The van der Waals surface area contributed by atoms with Gasteiger partial charge in [-0.05, 0) is 6.42 Å². The first-order valence-electron chi connectivity index (χ1n) is 5.93. The second-order valence-electron chi connectivity index (χ2n) is 3.86. The van der Waals surface area contributed by atoms with E-state index in [1.807, 2.05) is 12.3 Å². The van der Waals surface area contributed by atoms with Gasteiger partial charge in [-0.3, -0.25) is 0 Å². The van der Waals surface area contributed by atoms with Crippen molar-refractivity contribution in [2.45, 2.75) is 19.9 Å². The van der Waals surface area contributed by atoms with Crippen LogP contribution in [-0.4, -0.2) is 16.5 Å². The standard InChI is InChI=1S/C12H14F2N4S/c1-2-3-16-11-8(13)6-9(14)12(18-11)17-7-10-15-4-5-19-10/h4-6H,2-3,7H2,1H3,(H2,16,17,18). The molecule has 0 unspecified atom stereocenters. The summed E-state index contributed by atoms with van der Waals surface area (Å²) in [6, 6.07) is 0.829. The Bertz CT molecular complexity index is 531. The van der Waals surface area contributed by atoms with Gasteiger partial charge in [0.1, 0.15) is 5.01 Å². The summed E-state index contributed by atoms with van der Waals surface area (Å²) >= 11 is 1.46. The van der Waals surface area contributed by atoms with E-state index in [1.54, 1.807) is 6.20 Å². The van der Waals surface area contributed by atoms with Crippen molar-refractivity contribution in [3.05, 3.63) is 34.3 Å². The molecular weight excluding hydrogens is 270 g/mol. The van der Waals surface area contributed by atoms with Gasteiger partial charge in [-0.2, -0.15) is 0 Å². The summed E-state index contributed by atoms with van der Waals surface area (Å²) in [5, 5.41) is 8.28. The molecular formula is C12H14F2N4S. The van der Waals surface area contributed by atoms with Gasteiger partial charge in [-0.25, -0.2) is 18.7 Å². The van der Waals surface area contributed by atoms with Gasteiger partial charge < -0.3 is 10.6 Å². The van der Waals surface area contributed by atoms with Crippen LogP contribution in [0.15, 0.2) is 17.6 Å². The van der Waals surface area contributed by atoms with Crippen molar-refractivity contribution in [3.63, 3.8) is 0 Å². The number of pyridine rings is 1. The first-order valence-corrected chi connectivity index (χ1v) is 6.80. The fraction of sp³-hybridized carbons (Fsp3) is 0.333. The molecule has 2 aromatic rings. The minimum Gasteiger partial charge on any atom is -0.368 e. The van der Waals surface area contributed by atoms with Crippen LogP contribution in [0.25, 0.3) is 0 Å². The van der Waals surface area contributed by atoms with E-state index in [1.165, 1.54) is 11.3 Å². The molecule has 0 aromatic carbocycles. The zero-order valence-corrected chi connectivity index (χ0v) is 11.2. The number of aromatic nitrogens is 2. The molecule has 0 bridgehead atoms. The number of anilines is 2. The predicted molar refractivity (Wildman–Crippen MR) is 72.4 cm³/mol. The van der Waals surface area contributed by atoms with Crippen LogP contribution in [-0.2, 0) is 6.54 Å². The summed E-state index contributed by atoms with van der Waals surface area (Å²) < 4.78 is 27.0. The maximum Gasteiger partial charge on any atom is 0.168 e. The maximum absolute atomic E-state index is 13.6. The van der Waals surface area contributed by atoms with Gasteiger partial charge >= 0.3 is 0 Å². The molecule has 0 aliphatic rings. The molecule has 0 fully saturated rings. The molecule has 102 valence electrons. The Labute approximate surface area is 113 Å². The second kappa shape index (κ2) is 6.42. The zero-order valence-electron chi connectivity index (χ0n) is 10.4. The third-order valence-corrected chi connectivity index (χ3v) is 3.14. The number of nitrogens with one attached hydrogen (secondary N) is 2. The molecule has 2 rings (SSSR count). The zero-order chi connectivity index (χ0) is 13.7. The summed E-state index contributed by atoms with van der Waals surface area (Å²) in [5.74, 6) is -1.32. The molecule has 19 heavy (non-hydrogen) atoms. The molecule has 0 aliphatic heterocycles. The van der Waals surface area contributed by atoms with Crippen LogP contribution in [0.4, 0.5) is 20.4 Å². The summed E-state index contributed by atoms with van der Waals surface area (Å²) in [6.45, 7) is 2.90. The molecule has 2 N–H and O–H groups in total. The molecule has 2 aromatic heterocycles. The third kappa shape index (κ3) is 3.60. The Kier molecular flexibility index (Phi) is 4.62. The molecule has 0 atom stereocenters. The van der Waals surface area contributed by atoms with Crippen molar-refractivity contribution >= 4 is 23.0 Å². The number of nitrogens with zero attached hydrogens (tertiary/aromatic N) is 2. The number of thiazole rings is 1. The number of hydrogen-bond donors (Lipinski definition) is 2. The Morgan fingerprint density at radius 1 is 1.21 bits per heavy atom. The van der Waals surface area contributed by atoms with Gasteiger partial charge in [0.05, 0.1) is 6.54 Å². The third-order valence-electron chi connectivity index (χ3n) is 2.36. The van der Waals surface area contributed by atoms with Crippen LogP contribution in [0.3, 0.4) is 0 Å². The summed E-state index contributed by atoms with van der Waals surface area (Å²) in [6.07, 6.45) is 2.50. The van der Waals surface area contributed by atoms with Crippen LogP contribution in [0.5, 0.6) is 0 Å². The second-order valence-corrected chi connectivity index (χ2v) is 4.83. The normalized spacial score (nSPS) is 10.5. The van der Waals surface area contributed by atoms with Crippen LogP contribution >= 0.6 is 11.3 Å². The quantitative estimate of drug-likeness (QED) is 0.855. The average molecular weight is 284 g/mol. The molecule has 0 radical (unpaired) electrons. The molecule has 0 saturated heterocycles. The van der Waals surface area contributed by atoms with Crippen molar-refractivity contribution in [2.75, 3.05) is 17.2 Å². The summed E-state index contributed by atoms with van der Waals surface area (Å²) in [7, 11) is 0. The van der Waals surface area contributed by atoms with Gasteiger partial charge in [0.2, 0.25) is 0 Å². The summed E-state index contributed by atoms with van der Waals surface area (Å²) in [5.41, 5.74) is 0. The number of rotatable bonds is 6. The first kappa shape index (κ1) is 13.7. The molecule has 7 heteroatoms. The Hall–Kier alpha value is -1.76. The van der Waals surface area contributed by atoms with E-state index in [4.69, 9.17) is 0 Å². The SMILES string of the molecule is CCCNc1nc(NCc2nccs2)c(F)cc1F. The monoisotopic (exact) mass is 284 g/mol. The molecule has 0 spiro atoms. The minimum atomic E-state index is -0.712. The van der Waals surface area contributed by atoms with Crippen LogP contribution in [0.1, 0.15) is 18.4 Å². The lowest BCUT2D eigenvalue weighted by molar-refractivity contribution is 0.577. The lowest BCUT2D eigenvalue weighted by atomic mass is 10.3. The van der Waals surface area contributed by atoms with E-state index in [9.17, 15) is 8.78 Å². The lowest BCUT2D eigenvalue weighted by Crippen LogP contribution is -2.09. The predicted octanol–water partition coefficient (Wildman–Crippen LogP) is 3.25. The molecule has 0 saturated carbocycles. The fourth-order valence-electron chi connectivity index (χ4n) is 1.46. The highest BCUT2D eigenvalue weighted by Crippen LogP contribution is 2.19. The van der Waals surface area contributed by atoms with E-state index >= 15 is 0 Å². The number of hydrogen-bond acceptors (Lipinski definition) is 5. The van der Waals surface area contributed by atoms with Crippen LogP contribution in [0.2, 0.25) is 0 Å². The largest absolute Gasteiger partial charge is 0.368 e. The van der Waals surface area contributed by atoms with Gasteiger partial charge in [0.15, 0.2) is 23.3 Å². The van der Waals surface area contributed by atoms with E-state index in [0.29, 0.717) is 13.1 Å². The van der Waals surface area contributed by atoms with Crippen molar-refractivity contribution in [1.29, 1.82) is 0 Å². The smallest absolute Gasteiger partial charge is 0.168 e. The van der Waals surface area contributed by atoms with Gasteiger partial charge in [-0.1, -0.05) is 6.92 Å². The molecule has 0 amide bonds. The van der Waals surface area contributed by atoms with Crippen molar-refractivity contribution in [3.8, 4) is 0 Å². The average Bonchev–Trinajstić information content (AvgIpc) is 2.90. The summed E-state index contributed by atoms with van der Waals surface area (Å²) in [4.78, 5) is 7.98. The van der Waals surface area contributed by atoms with Crippen LogP contribution in [0, 0.1) is 11.6 Å². The van der Waals surface area contributed by atoms with Crippen molar-refractivity contribution < 1.29 is 8.78 Å². The van der Waals surface area contributed by atoms with Crippen molar-refractivity contribution in [1.82, 2.24) is 9.97 Å². The highest BCUT2D eigenvalue weighted by molar-refractivity contribution is 7.09. The van der Waals surface area contributed by atoms with Crippen molar-refractivity contribution in [2.24, 2.45) is 0 Å².